The first-order valence-corrected chi connectivity index (χ1v) is 10.6. The highest BCUT2D eigenvalue weighted by molar-refractivity contribution is 14.0. The maximum atomic E-state index is 12.3. The number of rotatable bonds is 8. The standard InChI is InChI=1S/C18H29N7OS.HI/c1-3-14-13-22-16(27-14)8-10-21-17(19-2)20-9-6-12-25-18(26)24-11-5-4-7-15(24)23-25;/h13H,3-12H2,1-2H3,(H2,19,20,21);1H. The van der Waals surface area contributed by atoms with Gasteiger partial charge < -0.3 is 10.6 Å². The summed E-state index contributed by atoms with van der Waals surface area (Å²) in [6.45, 7) is 5.12. The number of fused-ring (bicyclic) bond motifs is 1. The van der Waals surface area contributed by atoms with Gasteiger partial charge in [0.15, 0.2) is 5.96 Å². The number of hydrogen-bond donors (Lipinski definition) is 2. The lowest BCUT2D eigenvalue weighted by molar-refractivity contribution is 0.509. The third-order valence-corrected chi connectivity index (χ3v) is 5.88. The summed E-state index contributed by atoms with van der Waals surface area (Å²) < 4.78 is 3.42. The van der Waals surface area contributed by atoms with Crippen LogP contribution in [-0.2, 0) is 32.4 Å². The zero-order valence-electron chi connectivity index (χ0n) is 16.6. The predicted octanol–water partition coefficient (Wildman–Crippen LogP) is 1.82. The van der Waals surface area contributed by atoms with Crippen molar-refractivity contribution in [3.05, 3.63) is 32.4 Å². The van der Waals surface area contributed by atoms with Crippen LogP contribution in [0.15, 0.2) is 16.0 Å². The second-order valence-corrected chi connectivity index (χ2v) is 7.83. The van der Waals surface area contributed by atoms with E-state index in [1.807, 2.05) is 10.8 Å². The molecule has 2 aromatic rings. The molecule has 2 N–H and O–H groups in total. The summed E-state index contributed by atoms with van der Waals surface area (Å²) in [7, 11) is 1.77. The number of aliphatic imine (C=N–C) groups is 1. The number of nitrogens with zero attached hydrogens (tertiary/aromatic N) is 5. The zero-order valence-corrected chi connectivity index (χ0v) is 19.8. The van der Waals surface area contributed by atoms with Crippen LogP contribution >= 0.6 is 35.3 Å². The number of thiazole rings is 1. The van der Waals surface area contributed by atoms with Crippen molar-refractivity contribution < 1.29 is 0 Å². The van der Waals surface area contributed by atoms with Gasteiger partial charge in [0.1, 0.15) is 5.82 Å². The number of halogens is 1. The second-order valence-electron chi connectivity index (χ2n) is 6.63. The van der Waals surface area contributed by atoms with E-state index in [2.05, 4.69) is 32.6 Å². The Kier molecular flexibility index (Phi) is 9.42. The molecule has 0 unspecified atom stereocenters. The largest absolute Gasteiger partial charge is 0.356 e. The van der Waals surface area contributed by atoms with Crippen LogP contribution in [0.25, 0.3) is 0 Å². The number of hydrogen-bond acceptors (Lipinski definition) is 5. The molecule has 1 aliphatic rings. The summed E-state index contributed by atoms with van der Waals surface area (Å²) >= 11 is 1.77. The molecule has 0 aliphatic carbocycles. The highest BCUT2D eigenvalue weighted by atomic mass is 127. The summed E-state index contributed by atoms with van der Waals surface area (Å²) in [6, 6.07) is 0. The van der Waals surface area contributed by atoms with Gasteiger partial charge in [-0.3, -0.25) is 9.56 Å². The van der Waals surface area contributed by atoms with E-state index < -0.39 is 0 Å². The van der Waals surface area contributed by atoms with Crippen LogP contribution in [0.5, 0.6) is 0 Å². The van der Waals surface area contributed by atoms with E-state index in [4.69, 9.17) is 0 Å². The fourth-order valence-corrected chi connectivity index (χ4v) is 4.03. The summed E-state index contributed by atoms with van der Waals surface area (Å²) in [5.74, 6) is 1.71. The van der Waals surface area contributed by atoms with Gasteiger partial charge in [-0.15, -0.1) is 35.3 Å². The molecule has 28 heavy (non-hydrogen) atoms. The molecule has 8 nitrogen and oxygen atoms in total. The smallest absolute Gasteiger partial charge is 0.345 e. The molecule has 0 spiro atoms. The highest BCUT2D eigenvalue weighted by Crippen LogP contribution is 2.13. The SMILES string of the molecule is CCc1cnc(CCNC(=NC)NCCCn2nc3n(c2=O)CCCC3)s1.I. The van der Waals surface area contributed by atoms with Crippen LogP contribution in [0.1, 0.15) is 41.9 Å². The lowest BCUT2D eigenvalue weighted by Gasteiger charge is -2.11. The molecule has 0 fully saturated rings. The lowest BCUT2D eigenvalue weighted by Crippen LogP contribution is -2.39. The van der Waals surface area contributed by atoms with Crippen molar-refractivity contribution in [1.29, 1.82) is 0 Å². The molecule has 10 heteroatoms. The van der Waals surface area contributed by atoms with Crippen molar-refractivity contribution in [3.63, 3.8) is 0 Å². The molecular formula is C18H30IN7OS. The predicted molar refractivity (Wildman–Crippen MR) is 124 cm³/mol. The van der Waals surface area contributed by atoms with E-state index in [1.165, 1.54) is 4.88 Å². The van der Waals surface area contributed by atoms with E-state index in [0.717, 1.165) is 75.0 Å². The summed E-state index contributed by atoms with van der Waals surface area (Å²) in [6.07, 6.45) is 7.82. The molecule has 0 atom stereocenters. The molecule has 0 aromatic carbocycles. The van der Waals surface area contributed by atoms with Gasteiger partial charge in [-0.2, -0.15) is 5.10 Å². The molecular weight excluding hydrogens is 489 g/mol. The van der Waals surface area contributed by atoms with Crippen molar-refractivity contribution in [2.45, 2.75) is 58.5 Å². The van der Waals surface area contributed by atoms with Gasteiger partial charge in [0.05, 0.1) is 5.01 Å². The molecule has 0 radical (unpaired) electrons. The fourth-order valence-electron chi connectivity index (χ4n) is 3.17. The van der Waals surface area contributed by atoms with Crippen LogP contribution in [-0.4, -0.2) is 45.4 Å². The maximum Gasteiger partial charge on any atom is 0.345 e. The normalized spacial score (nSPS) is 13.7. The van der Waals surface area contributed by atoms with Crippen molar-refractivity contribution >= 4 is 41.3 Å². The Bertz CT molecular complexity index is 826. The van der Waals surface area contributed by atoms with Gasteiger partial charge in [-0.25, -0.2) is 14.5 Å². The Morgan fingerprint density at radius 2 is 2.14 bits per heavy atom. The topological polar surface area (TPSA) is 89.1 Å². The number of guanidine groups is 1. The van der Waals surface area contributed by atoms with Crippen molar-refractivity contribution in [1.82, 2.24) is 30.0 Å². The van der Waals surface area contributed by atoms with Crippen molar-refractivity contribution in [2.75, 3.05) is 20.1 Å². The third kappa shape index (κ3) is 6.03. The van der Waals surface area contributed by atoms with Gasteiger partial charge in [0.25, 0.3) is 0 Å². The molecule has 0 amide bonds. The minimum atomic E-state index is 0. The van der Waals surface area contributed by atoms with Gasteiger partial charge in [-0.05, 0) is 25.7 Å². The molecule has 0 bridgehead atoms. The van der Waals surface area contributed by atoms with E-state index in [9.17, 15) is 4.79 Å². The molecule has 156 valence electrons. The fraction of sp³-hybridized carbons (Fsp3) is 0.667. The number of nitrogens with one attached hydrogen (secondary N) is 2. The van der Waals surface area contributed by atoms with Crippen molar-refractivity contribution in [2.24, 2.45) is 4.99 Å². The van der Waals surface area contributed by atoms with Gasteiger partial charge in [-0.1, -0.05) is 6.92 Å². The number of aromatic nitrogens is 4. The molecule has 0 saturated carbocycles. The second kappa shape index (κ2) is 11.5. The first-order chi connectivity index (χ1) is 13.2. The minimum Gasteiger partial charge on any atom is -0.356 e. The Morgan fingerprint density at radius 1 is 1.32 bits per heavy atom. The quantitative estimate of drug-likeness (QED) is 0.241. The Labute approximate surface area is 186 Å². The molecule has 3 rings (SSSR count). The van der Waals surface area contributed by atoms with Crippen LogP contribution in [0.3, 0.4) is 0 Å². The summed E-state index contributed by atoms with van der Waals surface area (Å²) in [5.41, 5.74) is 0.0297. The molecule has 1 aliphatic heterocycles. The Morgan fingerprint density at radius 3 is 2.86 bits per heavy atom. The Balaban J connectivity index is 0.00000280. The van der Waals surface area contributed by atoms with E-state index in [1.54, 1.807) is 23.1 Å². The molecule has 2 aromatic heterocycles. The zero-order chi connectivity index (χ0) is 19.1. The van der Waals surface area contributed by atoms with Gasteiger partial charge >= 0.3 is 5.69 Å². The van der Waals surface area contributed by atoms with E-state index in [-0.39, 0.29) is 29.7 Å². The number of aryl methyl sites for hydroxylation is 3. The van der Waals surface area contributed by atoms with E-state index in [0.29, 0.717) is 6.54 Å². The summed E-state index contributed by atoms with van der Waals surface area (Å²) in [4.78, 5) is 22.3. The van der Waals surface area contributed by atoms with Crippen molar-refractivity contribution in [3.8, 4) is 0 Å². The van der Waals surface area contributed by atoms with Crippen LogP contribution in [0, 0.1) is 0 Å². The first kappa shape index (κ1) is 22.9. The van der Waals surface area contributed by atoms with Gasteiger partial charge in [0.2, 0.25) is 0 Å². The van der Waals surface area contributed by atoms with Gasteiger partial charge in [0, 0.05) is 57.1 Å². The van der Waals surface area contributed by atoms with Crippen LogP contribution < -0.4 is 16.3 Å². The average Bonchev–Trinajstić information content (AvgIpc) is 3.28. The van der Waals surface area contributed by atoms with E-state index >= 15 is 0 Å². The average molecular weight is 519 g/mol. The lowest BCUT2D eigenvalue weighted by atomic mass is 10.2. The first-order valence-electron chi connectivity index (χ1n) is 9.76. The monoisotopic (exact) mass is 519 g/mol. The molecule has 0 saturated heterocycles. The summed E-state index contributed by atoms with van der Waals surface area (Å²) in [5, 5.41) is 12.2. The van der Waals surface area contributed by atoms with Crippen LogP contribution in [0.4, 0.5) is 0 Å². The highest BCUT2D eigenvalue weighted by Gasteiger charge is 2.16. The maximum absolute atomic E-state index is 12.3. The minimum absolute atomic E-state index is 0. The molecule has 3 heterocycles. The Hall–Kier alpha value is -1.43. The third-order valence-electron chi connectivity index (χ3n) is 4.68. The van der Waals surface area contributed by atoms with Crippen LogP contribution in [0.2, 0.25) is 0 Å².